The second-order valence-electron chi connectivity index (χ2n) is 9.23. The van der Waals surface area contributed by atoms with Gasteiger partial charge in [-0.15, -0.1) is 0 Å². The zero-order chi connectivity index (χ0) is 26.1. The summed E-state index contributed by atoms with van der Waals surface area (Å²) in [6, 6.07) is 20.6. The van der Waals surface area contributed by atoms with Crippen molar-refractivity contribution in [1.82, 2.24) is 10.2 Å². The second-order valence-corrected chi connectivity index (χ2v) is 9.23. The summed E-state index contributed by atoms with van der Waals surface area (Å²) in [5.41, 5.74) is 3.62. The van der Waals surface area contributed by atoms with E-state index >= 15 is 0 Å². The number of nitrogens with zero attached hydrogens (tertiary/aromatic N) is 1. The molecule has 3 aromatic carbocycles. The van der Waals surface area contributed by atoms with Crippen molar-refractivity contribution in [2.75, 3.05) is 6.61 Å². The van der Waals surface area contributed by atoms with Crippen molar-refractivity contribution in [2.45, 2.75) is 59.2 Å². The van der Waals surface area contributed by atoms with E-state index in [0.717, 1.165) is 28.7 Å². The van der Waals surface area contributed by atoms with E-state index in [4.69, 9.17) is 4.74 Å². The lowest BCUT2D eigenvalue weighted by molar-refractivity contribution is -0.143. The lowest BCUT2D eigenvalue weighted by atomic mass is 10.0. The third-order valence-electron chi connectivity index (χ3n) is 6.23. The van der Waals surface area contributed by atoms with E-state index in [0.29, 0.717) is 12.2 Å². The smallest absolute Gasteiger partial charge is 0.261 e. The van der Waals surface area contributed by atoms with Crippen LogP contribution in [-0.2, 0) is 22.6 Å². The van der Waals surface area contributed by atoms with Crippen LogP contribution in [0.5, 0.6) is 5.75 Å². The minimum atomic E-state index is -0.763. The summed E-state index contributed by atoms with van der Waals surface area (Å²) < 4.78 is 19.5. The number of carbonyl (C=O) groups is 2. The first-order chi connectivity index (χ1) is 17.3. The van der Waals surface area contributed by atoms with E-state index in [1.54, 1.807) is 17.0 Å². The van der Waals surface area contributed by atoms with Gasteiger partial charge in [0.1, 0.15) is 17.6 Å². The molecule has 0 radical (unpaired) electrons. The molecule has 0 bridgehead atoms. The molecule has 0 saturated carbocycles. The van der Waals surface area contributed by atoms with E-state index < -0.39 is 6.04 Å². The number of benzene rings is 3. The van der Waals surface area contributed by atoms with Crippen molar-refractivity contribution >= 4 is 11.8 Å². The topological polar surface area (TPSA) is 58.6 Å². The zero-order valence-corrected chi connectivity index (χ0v) is 21.5. The van der Waals surface area contributed by atoms with Gasteiger partial charge in [-0.05, 0) is 67.6 Å². The third kappa shape index (κ3) is 7.67. The molecule has 0 saturated heterocycles. The second kappa shape index (κ2) is 12.9. The van der Waals surface area contributed by atoms with Gasteiger partial charge in [0, 0.05) is 19.0 Å². The van der Waals surface area contributed by atoms with Gasteiger partial charge in [-0.1, -0.05) is 61.5 Å². The Balaban J connectivity index is 1.92. The summed E-state index contributed by atoms with van der Waals surface area (Å²) in [4.78, 5) is 28.6. The summed E-state index contributed by atoms with van der Waals surface area (Å²) in [5, 5.41) is 3.04. The predicted octanol–water partition coefficient (Wildman–Crippen LogP) is 5.38. The van der Waals surface area contributed by atoms with Gasteiger partial charge in [0.25, 0.3) is 5.91 Å². The van der Waals surface area contributed by atoms with Gasteiger partial charge in [-0.3, -0.25) is 9.59 Å². The molecule has 3 aromatic rings. The summed E-state index contributed by atoms with van der Waals surface area (Å²) in [6.07, 6.45) is 1.12. The molecule has 0 aliphatic carbocycles. The van der Waals surface area contributed by atoms with Crippen molar-refractivity contribution in [1.29, 1.82) is 0 Å². The summed E-state index contributed by atoms with van der Waals surface area (Å²) in [5.74, 6) is -0.269. The number of rotatable bonds is 11. The quantitative estimate of drug-likeness (QED) is 0.393. The van der Waals surface area contributed by atoms with Crippen molar-refractivity contribution in [3.05, 3.63) is 101 Å². The molecule has 2 atom stereocenters. The van der Waals surface area contributed by atoms with Crippen LogP contribution in [0.3, 0.4) is 0 Å². The van der Waals surface area contributed by atoms with E-state index in [-0.39, 0.29) is 36.8 Å². The Labute approximate surface area is 213 Å². The van der Waals surface area contributed by atoms with Crippen LogP contribution in [0.25, 0.3) is 0 Å². The van der Waals surface area contributed by atoms with Crippen LogP contribution < -0.4 is 10.1 Å². The minimum absolute atomic E-state index is 0.0373. The summed E-state index contributed by atoms with van der Waals surface area (Å²) >= 11 is 0. The number of hydrogen-bond donors (Lipinski definition) is 1. The van der Waals surface area contributed by atoms with Crippen molar-refractivity contribution < 1.29 is 18.7 Å². The Hall–Kier alpha value is -3.67. The molecule has 190 valence electrons. The Bertz CT molecular complexity index is 1150. The monoisotopic (exact) mass is 490 g/mol. The SMILES string of the molecule is CC[C@H](C)NC(=O)[C@H](Cc1ccccc1)N(Cc1ccc(F)cc1)C(=O)COc1cc(C)ccc1C. The van der Waals surface area contributed by atoms with E-state index in [1.807, 2.05) is 76.2 Å². The van der Waals surface area contributed by atoms with Gasteiger partial charge in [0.05, 0.1) is 0 Å². The molecule has 0 heterocycles. The molecule has 0 spiro atoms. The molecule has 0 aromatic heterocycles. The van der Waals surface area contributed by atoms with Crippen molar-refractivity contribution in [2.24, 2.45) is 0 Å². The van der Waals surface area contributed by atoms with Gasteiger partial charge < -0.3 is 15.0 Å². The molecule has 0 unspecified atom stereocenters. The first kappa shape index (κ1) is 26.9. The average Bonchev–Trinajstić information content (AvgIpc) is 2.88. The van der Waals surface area contributed by atoms with Crippen LogP contribution in [0.15, 0.2) is 72.8 Å². The molecule has 1 N–H and O–H groups in total. The van der Waals surface area contributed by atoms with Gasteiger partial charge in [-0.2, -0.15) is 0 Å². The highest BCUT2D eigenvalue weighted by Crippen LogP contribution is 2.20. The first-order valence-corrected chi connectivity index (χ1v) is 12.3. The minimum Gasteiger partial charge on any atom is -0.483 e. The van der Waals surface area contributed by atoms with E-state index in [1.165, 1.54) is 12.1 Å². The first-order valence-electron chi connectivity index (χ1n) is 12.3. The largest absolute Gasteiger partial charge is 0.483 e. The Morgan fingerprint density at radius 2 is 1.67 bits per heavy atom. The summed E-state index contributed by atoms with van der Waals surface area (Å²) in [6.45, 7) is 7.76. The van der Waals surface area contributed by atoms with Crippen molar-refractivity contribution in [3.63, 3.8) is 0 Å². The maximum absolute atomic E-state index is 13.6. The molecule has 3 rings (SSSR count). The van der Waals surface area contributed by atoms with Crippen LogP contribution in [0.1, 0.15) is 42.5 Å². The van der Waals surface area contributed by atoms with Crippen LogP contribution in [-0.4, -0.2) is 35.4 Å². The fourth-order valence-corrected chi connectivity index (χ4v) is 3.87. The highest BCUT2D eigenvalue weighted by Gasteiger charge is 2.31. The van der Waals surface area contributed by atoms with Crippen LogP contribution >= 0.6 is 0 Å². The van der Waals surface area contributed by atoms with Crippen LogP contribution in [0.2, 0.25) is 0 Å². The van der Waals surface area contributed by atoms with Gasteiger partial charge in [0.15, 0.2) is 6.61 Å². The number of aryl methyl sites for hydroxylation is 2. The molecule has 2 amide bonds. The molecule has 0 aliphatic rings. The molecule has 0 aliphatic heterocycles. The number of ether oxygens (including phenoxy) is 1. The average molecular weight is 491 g/mol. The Morgan fingerprint density at radius 3 is 2.33 bits per heavy atom. The lowest BCUT2D eigenvalue weighted by Crippen LogP contribution is -2.53. The standard InChI is InChI=1S/C30H35FN2O3/c1-5-23(4)32-30(35)27(18-24-9-7-6-8-10-24)33(19-25-13-15-26(31)16-14-25)29(34)20-36-28-17-21(2)11-12-22(28)3/h6-17,23,27H,5,18-20H2,1-4H3,(H,32,35)/t23-,27-/m0/s1. The number of hydrogen-bond acceptors (Lipinski definition) is 3. The third-order valence-corrected chi connectivity index (χ3v) is 6.23. The van der Waals surface area contributed by atoms with Crippen LogP contribution in [0, 0.1) is 19.7 Å². The van der Waals surface area contributed by atoms with E-state index in [9.17, 15) is 14.0 Å². The maximum atomic E-state index is 13.6. The molecule has 0 fully saturated rings. The Morgan fingerprint density at radius 1 is 0.972 bits per heavy atom. The zero-order valence-electron chi connectivity index (χ0n) is 21.5. The van der Waals surface area contributed by atoms with Gasteiger partial charge in [-0.25, -0.2) is 4.39 Å². The molecular weight excluding hydrogens is 455 g/mol. The fraction of sp³-hybridized carbons (Fsp3) is 0.333. The number of amides is 2. The molecule has 5 nitrogen and oxygen atoms in total. The van der Waals surface area contributed by atoms with Gasteiger partial charge >= 0.3 is 0 Å². The maximum Gasteiger partial charge on any atom is 0.261 e. The highest BCUT2D eigenvalue weighted by molar-refractivity contribution is 5.88. The van der Waals surface area contributed by atoms with E-state index in [2.05, 4.69) is 5.32 Å². The Kier molecular flexibility index (Phi) is 9.62. The summed E-state index contributed by atoms with van der Waals surface area (Å²) in [7, 11) is 0. The van der Waals surface area contributed by atoms with Crippen molar-refractivity contribution in [3.8, 4) is 5.75 Å². The normalized spacial score (nSPS) is 12.5. The molecule has 6 heteroatoms. The number of nitrogens with one attached hydrogen (secondary N) is 1. The highest BCUT2D eigenvalue weighted by atomic mass is 19.1. The lowest BCUT2D eigenvalue weighted by Gasteiger charge is -2.32. The molecule has 36 heavy (non-hydrogen) atoms. The fourth-order valence-electron chi connectivity index (χ4n) is 3.87. The predicted molar refractivity (Wildman–Crippen MR) is 140 cm³/mol. The number of carbonyl (C=O) groups excluding carboxylic acids is 2. The number of halogens is 1. The van der Waals surface area contributed by atoms with Gasteiger partial charge in [0.2, 0.25) is 5.91 Å². The molecular formula is C30H35FN2O3. The van der Waals surface area contributed by atoms with Crippen LogP contribution in [0.4, 0.5) is 4.39 Å².